The topological polar surface area (TPSA) is 48.0 Å². The first kappa shape index (κ1) is 16.2. The molecule has 126 valence electrons. The minimum Gasteiger partial charge on any atom is -0.466 e. The highest BCUT2D eigenvalue weighted by atomic mass is 16.7. The van der Waals surface area contributed by atoms with Crippen molar-refractivity contribution in [2.75, 3.05) is 32.9 Å². The summed E-state index contributed by atoms with van der Waals surface area (Å²) in [4.78, 5) is 14.7. The van der Waals surface area contributed by atoms with Crippen LogP contribution < -0.4 is 0 Å². The molecular weight excluding hydrogens is 282 g/mol. The molecule has 3 aliphatic rings. The Labute approximate surface area is 133 Å². The van der Waals surface area contributed by atoms with Crippen molar-refractivity contribution in [1.82, 2.24) is 4.90 Å². The van der Waals surface area contributed by atoms with Crippen molar-refractivity contribution in [3.8, 4) is 0 Å². The van der Waals surface area contributed by atoms with Crippen LogP contribution in [-0.4, -0.2) is 55.6 Å². The Bertz CT molecular complexity index is 394. The molecule has 5 heteroatoms. The van der Waals surface area contributed by atoms with Crippen molar-refractivity contribution in [1.29, 1.82) is 0 Å². The Kier molecular flexibility index (Phi) is 5.05. The fourth-order valence-electron chi connectivity index (χ4n) is 4.56. The Morgan fingerprint density at radius 1 is 1.32 bits per heavy atom. The highest BCUT2D eigenvalue weighted by Gasteiger charge is 2.49. The van der Waals surface area contributed by atoms with Crippen molar-refractivity contribution in [3.05, 3.63) is 0 Å². The van der Waals surface area contributed by atoms with E-state index in [1.807, 2.05) is 6.92 Å². The average molecular weight is 311 g/mol. The minimum atomic E-state index is -0.365. The summed E-state index contributed by atoms with van der Waals surface area (Å²) in [5, 5.41) is 0. The van der Waals surface area contributed by atoms with Gasteiger partial charge in [0.2, 0.25) is 0 Å². The molecule has 1 saturated carbocycles. The van der Waals surface area contributed by atoms with Gasteiger partial charge in [0.05, 0.1) is 25.7 Å². The molecule has 0 amide bonds. The molecule has 1 aliphatic carbocycles. The first-order valence-electron chi connectivity index (χ1n) is 8.86. The van der Waals surface area contributed by atoms with Gasteiger partial charge in [-0.2, -0.15) is 0 Å². The van der Waals surface area contributed by atoms with E-state index in [0.717, 1.165) is 45.2 Å². The zero-order valence-corrected chi connectivity index (χ0v) is 13.9. The lowest BCUT2D eigenvalue weighted by Gasteiger charge is -2.50. The smallest absolute Gasteiger partial charge is 0.310 e. The number of hydrogen-bond acceptors (Lipinski definition) is 5. The summed E-state index contributed by atoms with van der Waals surface area (Å²) < 4.78 is 17.1. The van der Waals surface area contributed by atoms with Crippen LogP contribution in [0.3, 0.4) is 0 Å². The van der Waals surface area contributed by atoms with Gasteiger partial charge in [0.1, 0.15) is 0 Å². The van der Waals surface area contributed by atoms with Crippen LogP contribution in [0.2, 0.25) is 0 Å². The first-order chi connectivity index (χ1) is 10.7. The van der Waals surface area contributed by atoms with Crippen LogP contribution >= 0.6 is 0 Å². The number of rotatable bonds is 4. The summed E-state index contributed by atoms with van der Waals surface area (Å²) in [7, 11) is 0. The number of piperidine rings is 1. The Balaban J connectivity index is 1.71. The van der Waals surface area contributed by atoms with E-state index in [0.29, 0.717) is 31.8 Å². The predicted octanol–water partition coefficient (Wildman–Crippen LogP) is 2.19. The van der Waals surface area contributed by atoms with Crippen LogP contribution in [0, 0.1) is 11.8 Å². The van der Waals surface area contributed by atoms with E-state index in [4.69, 9.17) is 14.2 Å². The lowest BCUT2D eigenvalue weighted by molar-refractivity contribution is -0.205. The van der Waals surface area contributed by atoms with Crippen molar-refractivity contribution < 1.29 is 19.0 Å². The third-order valence-electron chi connectivity index (χ3n) is 5.39. The molecule has 5 nitrogen and oxygen atoms in total. The second-order valence-electron chi connectivity index (χ2n) is 6.86. The third-order valence-corrected chi connectivity index (χ3v) is 5.39. The van der Waals surface area contributed by atoms with Crippen molar-refractivity contribution in [2.24, 2.45) is 11.8 Å². The molecule has 1 unspecified atom stereocenters. The molecule has 2 aliphatic heterocycles. The van der Waals surface area contributed by atoms with Crippen LogP contribution in [0.4, 0.5) is 0 Å². The quantitative estimate of drug-likeness (QED) is 0.745. The van der Waals surface area contributed by atoms with Crippen molar-refractivity contribution in [2.45, 2.75) is 57.8 Å². The van der Waals surface area contributed by atoms with Crippen LogP contribution in [0.15, 0.2) is 0 Å². The number of fused-ring (bicyclic) bond motifs is 1. The zero-order chi connectivity index (χ0) is 15.6. The number of esters is 1. The molecule has 0 aromatic carbocycles. The molecule has 0 radical (unpaired) electrons. The monoisotopic (exact) mass is 311 g/mol. The van der Waals surface area contributed by atoms with Crippen LogP contribution in [0.1, 0.15) is 46.0 Å². The zero-order valence-electron chi connectivity index (χ0n) is 13.9. The second-order valence-corrected chi connectivity index (χ2v) is 6.86. The predicted molar refractivity (Wildman–Crippen MR) is 82.4 cm³/mol. The largest absolute Gasteiger partial charge is 0.466 e. The first-order valence-corrected chi connectivity index (χ1v) is 8.86. The van der Waals surface area contributed by atoms with E-state index >= 15 is 0 Å². The summed E-state index contributed by atoms with van der Waals surface area (Å²) in [5.41, 5.74) is 0. The molecule has 22 heavy (non-hydrogen) atoms. The van der Waals surface area contributed by atoms with Crippen molar-refractivity contribution in [3.63, 3.8) is 0 Å². The number of nitrogens with zero attached hydrogens (tertiary/aromatic N) is 1. The maximum absolute atomic E-state index is 12.2. The van der Waals surface area contributed by atoms with Crippen LogP contribution in [-0.2, 0) is 19.0 Å². The molecule has 3 fully saturated rings. The van der Waals surface area contributed by atoms with E-state index in [1.54, 1.807) is 0 Å². The lowest BCUT2D eigenvalue weighted by Crippen LogP contribution is -2.56. The summed E-state index contributed by atoms with van der Waals surface area (Å²) in [6.45, 7) is 7.87. The number of hydrogen-bond donors (Lipinski definition) is 0. The highest BCUT2D eigenvalue weighted by Crippen LogP contribution is 2.45. The van der Waals surface area contributed by atoms with Gasteiger partial charge in [-0.25, -0.2) is 0 Å². The summed E-state index contributed by atoms with van der Waals surface area (Å²) >= 11 is 0. The van der Waals surface area contributed by atoms with Gasteiger partial charge < -0.3 is 14.2 Å². The lowest BCUT2D eigenvalue weighted by atomic mass is 9.72. The van der Waals surface area contributed by atoms with Gasteiger partial charge in [0, 0.05) is 25.4 Å². The summed E-state index contributed by atoms with van der Waals surface area (Å²) in [6, 6.07) is 0.573. The maximum atomic E-state index is 12.2. The average Bonchev–Trinajstić information content (AvgIpc) is 2.95. The normalized spacial score (nSPS) is 34.5. The second kappa shape index (κ2) is 6.85. The van der Waals surface area contributed by atoms with E-state index < -0.39 is 0 Å². The number of carbonyl (C=O) groups is 1. The van der Waals surface area contributed by atoms with E-state index in [-0.39, 0.29) is 17.7 Å². The fourth-order valence-corrected chi connectivity index (χ4v) is 4.56. The Morgan fingerprint density at radius 3 is 2.77 bits per heavy atom. The maximum Gasteiger partial charge on any atom is 0.310 e. The summed E-state index contributed by atoms with van der Waals surface area (Å²) in [6.07, 6.45) is 5.06. The van der Waals surface area contributed by atoms with Gasteiger partial charge in [-0.1, -0.05) is 6.92 Å². The molecule has 2 heterocycles. The van der Waals surface area contributed by atoms with Gasteiger partial charge in [0.25, 0.3) is 0 Å². The molecular formula is C17H29NO4. The fraction of sp³-hybridized carbons (Fsp3) is 0.941. The van der Waals surface area contributed by atoms with Crippen LogP contribution in [0.5, 0.6) is 0 Å². The molecule has 0 bridgehead atoms. The van der Waals surface area contributed by atoms with Crippen LogP contribution in [0.25, 0.3) is 0 Å². The summed E-state index contributed by atoms with van der Waals surface area (Å²) in [5.74, 6) is 0.0797. The van der Waals surface area contributed by atoms with Gasteiger partial charge in [-0.05, 0) is 38.6 Å². The van der Waals surface area contributed by atoms with E-state index in [1.165, 1.54) is 0 Å². The molecule has 2 saturated heterocycles. The van der Waals surface area contributed by atoms with Gasteiger partial charge in [0.15, 0.2) is 5.79 Å². The molecule has 0 N–H and O–H groups in total. The number of likely N-dealkylation sites (tertiary alicyclic amines) is 1. The molecule has 0 aromatic rings. The van der Waals surface area contributed by atoms with E-state index in [2.05, 4.69) is 11.8 Å². The van der Waals surface area contributed by atoms with E-state index in [9.17, 15) is 4.79 Å². The molecule has 3 atom stereocenters. The standard InChI is InChI=1S/C17H29NO4/c1-3-7-18-12-14(16(19)20-4-2)10-13-11-17(6-5-15(13)18)21-8-9-22-17/h13-15H,3-12H2,1-2H3/t13-,14?,15-/m1/s1. The van der Waals surface area contributed by atoms with Gasteiger partial charge in [-0.15, -0.1) is 0 Å². The Morgan fingerprint density at radius 2 is 2.09 bits per heavy atom. The minimum absolute atomic E-state index is 0.00398. The van der Waals surface area contributed by atoms with Gasteiger partial charge in [-0.3, -0.25) is 9.69 Å². The third kappa shape index (κ3) is 3.17. The SMILES string of the molecule is CCCN1CC(C(=O)OCC)C[C@@H]2CC3(CC[C@H]21)OCCO3. The molecule has 1 spiro atoms. The molecule has 0 aromatic heterocycles. The number of carbonyl (C=O) groups excluding carboxylic acids is 1. The highest BCUT2D eigenvalue weighted by molar-refractivity contribution is 5.72. The van der Waals surface area contributed by atoms with Crippen molar-refractivity contribution >= 4 is 5.97 Å². The number of ether oxygens (including phenoxy) is 3. The molecule has 3 rings (SSSR count). The Hall–Kier alpha value is -0.650. The van der Waals surface area contributed by atoms with Gasteiger partial charge >= 0.3 is 5.97 Å².